The molecule has 170 valence electrons. The zero-order valence-electron chi connectivity index (χ0n) is 19.7. The molecule has 2 heterocycles. The number of nitrogens with one attached hydrogen (secondary N) is 1. The highest BCUT2D eigenvalue weighted by Gasteiger charge is 2.37. The molecule has 0 atom stereocenters. The third kappa shape index (κ3) is 4.74. The predicted octanol–water partition coefficient (Wildman–Crippen LogP) is 4.11. The Kier molecular flexibility index (Phi) is 6.97. The minimum atomic E-state index is 0.110. The number of carbonyl (C=O) groups is 1. The molecule has 32 heavy (non-hydrogen) atoms. The van der Waals surface area contributed by atoms with E-state index in [4.69, 9.17) is 0 Å². The zero-order valence-corrected chi connectivity index (χ0v) is 19.7. The van der Waals surface area contributed by atoms with Gasteiger partial charge >= 0.3 is 0 Å². The third-order valence-corrected chi connectivity index (χ3v) is 7.31. The molecule has 1 aliphatic heterocycles. The number of hydrogen-bond donors (Lipinski definition) is 1. The van der Waals surface area contributed by atoms with Crippen LogP contribution >= 0.6 is 0 Å². The number of nitrogens with zero attached hydrogens (tertiary/aromatic N) is 3. The van der Waals surface area contributed by atoms with Gasteiger partial charge in [-0.15, -0.1) is 0 Å². The fourth-order valence-corrected chi connectivity index (χ4v) is 5.08. The summed E-state index contributed by atoms with van der Waals surface area (Å²) in [7, 11) is 6.33. The van der Waals surface area contributed by atoms with Gasteiger partial charge in [0, 0.05) is 62.3 Å². The molecule has 1 aliphatic rings. The lowest BCUT2D eigenvalue weighted by molar-refractivity contribution is -0.130. The molecule has 1 aromatic heterocycles. The molecule has 0 aliphatic carbocycles. The Bertz CT molecular complexity index is 1020. The lowest BCUT2D eigenvalue weighted by Crippen LogP contribution is -2.51. The average Bonchev–Trinajstić information content (AvgIpc) is 3.25. The Morgan fingerprint density at radius 3 is 2.41 bits per heavy atom. The van der Waals surface area contributed by atoms with Crippen LogP contribution in [0, 0.1) is 0 Å². The van der Waals surface area contributed by atoms with E-state index >= 15 is 0 Å². The summed E-state index contributed by atoms with van der Waals surface area (Å²) in [5.74, 6) is 0.221. The summed E-state index contributed by atoms with van der Waals surface area (Å²) >= 11 is 0. The number of likely N-dealkylation sites (tertiary alicyclic amines) is 1. The van der Waals surface area contributed by atoms with Crippen LogP contribution in [0.2, 0.25) is 0 Å². The highest BCUT2D eigenvalue weighted by Crippen LogP contribution is 2.37. The van der Waals surface area contributed by atoms with Crippen LogP contribution in [0.4, 0.5) is 0 Å². The van der Waals surface area contributed by atoms with Gasteiger partial charge in [-0.3, -0.25) is 9.69 Å². The Labute approximate surface area is 192 Å². The van der Waals surface area contributed by atoms with E-state index in [1.54, 1.807) is 0 Å². The molecule has 1 N–H and O–H groups in total. The molecule has 1 amide bonds. The monoisotopic (exact) mass is 432 g/mol. The average molecular weight is 433 g/mol. The minimum Gasteiger partial charge on any atom is -0.361 e. The van der Waals surface area contributed by atoms with E-state index in [0.29, 0.717) is 6.42 Å². The largest absolute Gasteiger partial charge is 0.361 e. The maximum atomic E-state index is 12.7. The first-order valence-electron chi connectivity index (χ1n) is 11.7. The molecule has 0 unspecified atom stereocenters. The number of para-hydroxylation sites is 1. The van der Waals surface area contributed by atoms with Gasteiger partial charge in [0.25, 0.3) is 0 Å². The smallest absolute Gasteiger partial charge is 0.222 e. The fourth-order valence-electron chi connectivity index (χ4n) is 5.08. The highest BCUT2D eigenvalue weighted by atomic mass is 16.2. The maximum absolute atomic E-state index is 12.7. The molecule has 0 saturated carbocycles. The second kappa shape index (κ2) is 9.88. The number of aryl methyl sites for hydroxylation is 1. The van der Waals surface area contributed by atoms with Crippen molar-refractivity contribution in [2.75, 3.05) is 47.3 Å². The van der Waals surface area contributed by atoms with Gasteiger partial charge in [-0.1, -0.05) is 48.5 Å². The van der Waals surface area contributed by atoms with Crippen molar-refractivity contribution in [3.63, 3.8) is 0 Å². The highest BCUT2D eigenvalue weighted by molar-refractivity contribution is 5.84. The molecule has 0 radical (unpaired) electrons. The van der Waals surface area contributed by atoms with Crippen molar-refractivity contribution in [1.29, 1.82) is 0 Å². The summed E-state index contributed by atoms with van der Waals surface area (Å²) in [6.45, 7) is 3.84. The lowest BCUT2D eigenvalue weighted by atomic mass is 9.80. The van der Waals surface area contributed by atoms with E-state index in [2.05, 4.69) is 77.4 Å². The van der Waals surface area contributed by atoms with E-state index in [1.165, 1.54) is 16.5 Å². The Morgan fingerprint density at radius 2 is 1.69 bits per heavy atom. The number of piperidine rings is 1. The standard InChI is InChI=1S/C27H36N4O/c1-29(2)27(23-9-5-4-6-10-23)15-17-31(18-16-27)20-19-30(3)26(32)14-13-22-21-28-25-12-8-7-11-24(22)25/h4-12,21,28H,13-20H2,1-3H3. The van der Waals surface area contributed by atoms with Crippen LogP contribution in [0.15, 0.2) is 60.8 Å². The van der Waals surface area contributed by atoms with Gasteiger partial charge in [-0.05, 0) is 50.6 Å². The van der Waals surface area contributed by atoms with Gasteiger partial charge in [0.2, 0.25) is 5.91 Å². The van der Waals surface area contributed by atoms with Gasteiger partial charge in [0.05, 0.1) is 0 Å². The van der Waals surface area contributed by atoms with E-state index < -0.39 is 0 Å². The van der Waals surface area contributed by atoms with Crippen molar-refractivity contribution in [3.8, 4) is 0 Å². The molecule has 5 nitrogen and oxygen atoms in total. The van der Waals surface area contributed by atoms with Crippen molar-refractivity contribution < 1.29 is 4.79 Å². The molecule has 0 bridgehead atoms. The van der Waals surface area contributed by atoms with Gasteiger partial charge in [0.15, 0.2) is 0 Å². The van der Waals surface area contributed by atoms with Crippen LogP contribution in [-0.4, -0.2) is 72.9 Å². The molecular weight excluding hydrogens is 396 g/mol. The number of rotatable bonds is 8. The second-order valence-electron chi connectivity index (χ2n) is 9.31. The molecule has 1 fully saturated rings. The molecule has 3 aromatic rings. The number of aromatic amines is 1. The number of carbonyl (C=O) groups excluding carboxylic acids is 1. The van der Waals surface area contributed by atoms with Crippen molar-refractivity contribution >= 4 is 16.8 Å². The van der Waals surface area contributed by atoms with Crippen molar-refractivity contribution in [1.82, 2.24) is 19.7 Å². The topological polar surface area (TPSA) is 42.6 Å². The normalized spacial score (nSPS) is 16.5. The number of amides is 1. The van der Waals surface area contributed by atoms with Crippen LogP contribution in [-0.2, 0) is 16.8 Å². The Morgan fingerprint density at radius 1 is 1.00 bits per heavy atom. The summed E-state index contributed by atoms with van der Waals surface area (Å²) in [6, 6.07) is 19.2. The van der Waals surface area contributed by atoms with Crippen molar-refractivity contribution in [2.24, 2.45) is 0 Å². The van der Waals surface area contributed by atoms with Crippen LogP contribution in [0.1, 0.15) is 30.4 Å². The van der Waals surface area contributed by atoms with Crippen molar-refractivity contribution in [2.45, 2.75) is 31.2 Å². The van der Waals surface area contributed by atoms with Crippen molar-refractivity contribution in [3.05, 3.63) is 71.9 Å². The predicted molar refractivity (Wildman–Crippen MR) is 132 cm³/mol. The van der Waals surface area contributed by atoms with Gasteiger partial charge < -0.3 is 14.8 Å². The second-order valence-corrected chi connectivity index (χ2v) is 9.31. The maximum Gasteiger partial charge on any atom is 0.222 e. The van der Waals surface area contributed by atoms with E-state index in [9.17, 15) is 4.79 Å². The van der Waals surface area contributed by atoms with Crippen LogP contribution < -0.4 is 0 Å². The van der Waals surface area contributed by atoms with E-state index in [1.807, 2.05) is 24.2 Å². The van der Waals surface area contributed by atoms with Crippen LogP contribution in [0.3, 0.4) is 0 Å². The van der Waals surface area contributed by atoms with Crippen LogP contribution in [0.25, 0.3) is 10.9 Å². The van der Waals surface area contributed by atoms with Crippen LogP contribution in [0.5, 0.6) is 0 Å². The summed E-state index contributed by atoms with van der Waals surface area (Å²) in [4.78, 5) is 22.8. The first kappa shape index (κ1) is 22.6. The quantitative estimate of drug-likeness (QED) is 0.582. The molecule has 1 saturated heterocycles. The number of likely N-dealkylation sites (N-methyl/N-ethyl adjacent to an activating group) is 1. The summed E-state index contributed by atoms with van der Waals surface area (Å²) in [6.07, 6.45) is 5.59. The zero-order chi connectivity index (χ0) is 22.6. The lowest BCUT2D eigenvalue weighted by Gasteiger charge is -2.47. The minimum absolute atomic E-state index is 0.110. The summed E-state index contributed by atoms with van der Waals surface area (Å²) < 4.78 is 0. The first-order valence-corrected chi connectivity index (χ1v) is 11.7. The van der Waals surface area contributed by atoms with E-state index in [0.717, 1.165) is 51.0 Å². The number of fused-ring (bicyclic) bond motifs is 1. The number of aromatic nitrogens is 1. The summed E-state index contributed by atoms with van der Waals surface area (Å²) in [5, 5.41) is 1.22. The first-order chi connectivity index (χ1) is 15.5. The fraction of sp³-hybridized carbons (Fsp3) is 0.444. The molecule has 2 aromatic carbocycles. The third-order valence-electron chi connectivity index (χ3n) is 7.31. The molecule has 4 rings (SSSR count). The number of H-pyrrole nitrogens is 1. The summed E-state index contributed by atoms with van der Waals surface area (Å²) in [5.41, 5.74) is 3.88. The number of benzene rings is 2. The van der Waals surface area contributed by atoms with Gasteiger partial charge in [0.1, 0.15) is 0 Å². The van der Waals surface area contributed by atoms with E-state index in [-0.39, 0.29) is 11.4 Å². The molecule has 5 heteroatoms. The molecular formula is C27H36N4O. The molecule has 0 spiro atoms. The van der Waals surface area contributed by atoms with Gasteiger partial charge in [-0.25, -0.2) is 0 Å². The Hall–Kier alpha value is -2.63. The number of hydrogen-bond acceptors (Lipinski definition) is 3. The SMILES string of the molecule is CN(CCN1CCC(c2ccccc2)(N(C)C)CC1)C(=O)CCc1c[nH]c2ccccc12. The Balaban J connectivity index is 1.25. The van der Waals surface area contributed by atoms with Gasteiger partial charge in [-0.2, -0.15) is 0 Å².